The van der Waals surface area contributed by atoms with Crippen molar-refractivity contribution in [1.29, 1.82) is 0 Å². The van der Waals surface area contributed by atoms with E-state index in [-0.39, 0.29) is 0 Å². The standard InChI is InChI=1S/C49H32Br2N2/c50-33-21-25-41-42-26-22-34(51)30-46(42)49(45(41)29-33)47-31-39(52(35-13-5-1-6-14-35)36-15-7-2-8-16-36)23-27-43(47)44-28-24-40(32-48(44)49)53(37-17-9-3-10-18-37)38-19-11-4-12-20-38/h1-32H. The minimum atomic E-state index is -0.576. The molecule has 8 aromatic rings. The predicted molar refractivity (Wildman–Crippen MR) is 228 cm³/mol. The van der Waals surface area contributed by atoms with Crippen molar-refractivity contribution < 1.29 is 0 Å². The van der Waals surface area contributed by atoms with Gasteiger partial charge in [0.2, 0.25) is 0 Å². The van der Waals surface area contributed by atoms with Gasteiger partial charge in [-0.25, -0.2) is 0 Å². The van der Waals surface area contributed by atoms with Crippen molar-refractivity contribution in [2.75, 3.05) is 9.80 Å². The van der Waals surface area contributed by atoms with Crippen LogP contribution in [0.4, 0.5) is 34.1 Å². The Morgan fingerprint density at radius 2 is 0.566 bits per heavy atom. The number of fused-ring (bicyclic) bond motifs is 10. The van der Waals surface area contributed by atoms with Crippen LogP contribution in [0.25, 0.3) is 22.3 Å². The molecule has 0 amide bonds. The molecule has 0 heterocycles. The Kier molecular flexibility index (Phi) is 7.71. The van der Waals surface area contributed by atoms with Crippen molar-refractivity contribution in [3.05, 3.63) is 225 Å². The summed E-state index contributed by atoms with van der Waals surface area (Å²) < 4.78 is 2.13. The van der Waals surface area contributed by atoms with Gasteiger partial charge in [0.1, 0.15) is 0 Å². The number of halogens is 2. The summed E-state index contributed by atoms with van der Waals surface area (Å²) in [6, 6.07) is 70.5. The summed E-state index contributed by atoms with van der Waals surface area (Å²) in [6.07, 6.45) is 0. The van der Waals surface area contributed by atoms with E-state index >= 15 is 0 Å². The SMILES string of the molecule is Brc1ccc2c(c1)C1(c3cc(Br)ccc3-2)c2cc(N(c3ccccc3)c3ccccc3)ccc2-c2ccc(N(c3ccccc3)c3ccccc3)cc21. The lowest BCUT2D eigenvalue weighted by Crippen LogP contribution is -2.26. The third-order valence-corrected chi connectivity index (χ3v) is 11.7. The van der Waals surface area contributed by atoms with E-state index in [1.807, 2.05) is 0 Å². The van der Waals surface area contributed by atoms with Crippen molar-refractivity contribution >= 4 is 66.0 Å². The Labute approximate surface area is 326 Å². The van der Waals surface area contributed by atoms with Crippen LogP contribution in [0.5, 0.6) is 0 Å². The number of hydrogen-bond acceptors (Lipinski definition) is 2. The monoisotopic (exact) mass is 806 g/mol. The summed E-state index contributed by atoms with van der Waals surface area (Å²) in [5, 5.41) is 0. The van der Waals surface area contributed by atoms with Crippen LogP contribution in [0.1, 0.15) is 22.3 Å². The lowest BCUT2D eigenvalue weighted by Gasteiger charge is -2.33. The second-order valence-corrected chi connectivity index (χ2v) is 15.4. The quantitative estimate of drug-likeness (QED) is 0.165. The van der Waals surface area contributed by atoms with Crippen molar-refractivity contribution in [1.82, 2.24) is 0 Å². The Morgan fingerprint density at radius 3 is 0.887 bits per heavy atom. The van der Waals surface area contributed by atoms with Gasteiger partial charge in [-0.15, -0.1) is 0 Å². The van der Waals surface area contributed by atoms with Crippen LogP contribution in [-0.4, -0.2) is 0 Å². The third kappa shape index (κ3) is 5.04. The number of para-hydroxylation sites is 4. The minimum Gasteiger partial charge on any atom is -0.310 e. The van der Waals surface area contributed by atoms with Gasteiger partial charge in [-0.1, -0.05) is 129 Å². The first-order valence-electron chi connectivity index (χ1n) is 17.8. The fraction of sp³-hybridized carbons (Fsp3) is 0.0204. The molecule has 0 aromatic heterocycles. The van der Waals surface area contributed by atoms with Gasteiger partial charge in [0.25, 0.3) is 0 Å². The second kappa shape index (κ2) is 12.8. The number of hydrogen-bond donors (Lipinski definition) is 0. The Bertz CT molecular complexity index is 2380. The first-order chi connectivity index (χ1) is 26.1. The normalized spacial score (nSPS) is 12.9. The van der Waals surface area contributed by atoms with Crippen LogP contribution >= 0.6 is 31.9 Å². The van der Waals surface area contributed by atoms with E-state index in [1.54, 1.807) is 0 Å². The lowest BCUT2D eigenvalue weighted by atomic mass is 9.70. The summed E-state index contributed by atoms with van der Waals surface area (Å²) in [5.41, 5.74) is 16.3. The van der Waals surface area contributed by atoms with Gasteiger partial charge in [-0.3, -0.25) is 0 Å². The number of anilines is 6. The van der Waals surface area contributed by atoms with E-state index < -0.39 is 5.41 Å². The van der Waals surface area contributed by atoms with E-state index in [9.17, 15) is 0 Å². The largest absolute Gasteiger partial charge is 0.310 e. The molecule has 2 nitrogen and oxygen atoms in total. The van der Waals surface area contributed by atoms with Gasteiger partial charge < -0.3 is 9.80 Å². The maximum absolute atomic E-state index is 3.91. The molecule has 0 unspecified atom stereocenters. The smallest absolute Gasteiger partial charge is 0.0727 e. The zero-order chi connectivity index (χ0) is 35.5. The van der Waals surface area contributed by atoms with Crippen molar-refractivity contribution in [2.45, 2.75) is 5.41 Å². The maximum atomic E-state index is 3.91. The summed E-state index contributed by atoms with van der Waals surface area (Å²) in [4.78, 5) is 4.74. The molecular weight excluding hydrogens is 776 g/mol. The molecule has 0 saturated heterocycles. The highest BCUT2D eigenvalue weighted by Crippen LogP contribution is 2.64. The van der Waals surface area contributed by atoms with Crippen molar-refractivity contribution in [3.8, 4) is 22.3 Å². The first kappa shape index (κ1) is 32.0. The van der Waals surface area contributed by atoms with Crippen LogP contribution < -0.4 is 9.80 Å². The molecule has 8 aromatic carbocycles. The predicted octanol–water partition coefficient (Wildman–Crippen LogP) is 14.5. The van der Waals surface area contributed by atoms with Gasteiger partial charge in [-0.05, 0) is 142 Å². The molecule has 0 fully saturated rings. The highest BCUT2D eigenvalue weighted by molar-refractivity contribution is 9.10. The molecule has 1 spiro atoms. The van der Waals surface area contributed by atoms with Gasteiger partial charge in [-0.2, -0.15) is 0 Å². The third-order valence-electron chi connectivity index (χ3n) is 10.7. The molecule has 53 heavy (non-hydrogen) atoms. The fourth-order valence-electron chi connectivity index (χ4n) is 8.63. The van der Waals surface area contributed by atoms with E-state index in [2.05, 4.69) is 236 Å². The molecule has 0 aliphatic heterocycles. The summed E-state index contributed by atoms with van der Waals surface area (Å²) >= 11 is 7.81. The number of rotatable bonds is 6. The molecule has 2 aliphatic carbocycles. The van der Waals surface area contributed by atoms with Crippen LogP contribution in [0, 0.1) is 0 Å². The average Bonchev–Trinajstić information content (AvgIpc) is 3.65. The molecule has 252 valence electrons. The van der Waals surface area contributed by atoms with Gasteiger partial charge >= 0.3 is 0 Å². The fourth-order valence-corrected chi connectivity index (χ4v) is 9.35. The molecule has 0 radical (unpaired) electrons. The Hall–Kier alpha value is -5.68. The molecular formula is C49H32Br2N2. The molecule has 4 heteroatoms. The molecule has 0 bridgehead atoms. The van der Waals surface area contributed by atoms with Crippen molar-refractivity contribution in [2.24, 2.45) is 0 Å². The summed E-state index contributed by atoms with van der Waals surface area (Å²) in [6.45, 7) is 0. The minimum absolute atomic E-state index is 0.576. The van der Waals surface area contributed by atoms with E-state index in [0.29, 0.717) is 0 Å². The molecule has 0 N–H and O–H groups in total. The molecule has 10 rings (SSSR count). The van der Waals surface area contributed by atoms with E-state index in [4.69, 9.17) is 0 Å². The van der Waals surface area contributed by atoms with Gasteiger partial charge in [0.05, 0.1) is 5.41 Å². The topological polar surface area (TPSA) is 6.48 Å². The maximum Gasteiger partial charge on any atom is 0.0727 e. The molecule has 0 atom stereocenters. The van der Waals surface area contributed by atoms with Gasteiger partial charge in [0, 0.05) is 43.1 Å². The highest BCUT2D eigenvalue weighted by atomic mass is 79.9. The second-order valence-electron chi connectivity index (χ2n) is 13.6. The summed E-state index contributed by atoms with van der Waals surface area (Å²) in [7, 11) is 0. The Morgan fingerprint density at radius 1 is 0.283 bits per heavy atom. The number of benzene rings is 8. The zero-order valence-corrected chi connectivity index (χ0v) is 31.8. The molecule has 2 aliphatic rings. The van der Waals surface area contributed by atoms with Gasteiger partial charge in [0.15, 0.2) is 0 Å². The van der Waals surface area contributed by atoms with Crippen molar-refractivity contribution in [3.63, 3.8) is 0 Å². The van der Waals surface area contributed by atoms with Crippen LogP contribution in [0.3, 0.4) is 0 Å². The van der Waals surface area contributed by atoms with E-state index in [0.717, 1.165) is 43.1 Å². The van der Waals surface area contributed by atoms with Crippen LogP contribution in [0.15, 0.2) is 203 Å². The van der Waals surface area contributed by atoms with E-state index in [1.165, 1.54) is 44.5 Å². The average molecular weight is 809 g/mol. The zero-order valence-electron chi connectivity index (χ0n) is 28.6. The Balaban J connectivity index is 1.28. The first-order valence-corrected chi connectivity index (χ1v) is 19.4. The number of nitrogens with zero attached hydrogens (tertiary/aromatic N) is 2. The van der Waals surface area contributed by atoms with Crippen LogP contribution in [-0.2, 0) is 5.41 Å². The lowest BCUT2D eigenvalue weighted by molar-refractivity contribution is 0.792. The summed E-state index contributed by atoms with van der Waals surface area (Å²) in [5.74, 6) is 0. The molecule has 0 saturated carbocycles. The van der Waals surface area contributed by atoms with Crippen LogP contribution in [0.2, 0.25) is 0 Å². The highest BCUT2D eigenvalue weighted by Gasteiger charge is 2.52.